The van der Waals surface area contributed by atoms with Gasteiger partial charge in [-0.05, 0) is 54.2 Å². The Labute approximate surface area is 149 Å². The Bertz CT molecular complexity index is 783. The third-order valence-corrected chi connectivity index (χ3v) is 4.90. The van der Waals surface area contributed by atoms with Gasteiger partial charge in [0.2, 0.25) is 6.54 Å². The normalized spacial score (nSPS) is 20.9. The molecule has 0 saturated heterocycles. The number of hydrogen-bond acceptors (Lipinski definition) is 3. The Morgan fingerprint density at radius 1 is 1.04 bits per heavy atom. The summed E-state index contributed by atoms with van der Waals surface area (Å²) in [6, 6.07) is 11.2. The quantitative estimate of drug-likeness (QED) is 0.542. The van der Waals surface area contributed by atoms with E-state index in [-0.39, 0.29) is 30.4 Å². The number of nitro groups is 1. The highest BCUT2D eigenvalue weighted by molar-refractivity contribution is 5.84. The maximum absolute atomic E-state index is 12.7. The van der Waals surface area contributed by atoms with Gasteiger partial charge in [0.05, 0.1) is 12.0 Å². The molecular formula is C19H20F3NO3. The van der Waals surface area contributed by atoms with Crippen LogP contribution in [0.4, 0.5) is 13.2 Å². The summed E-state index contributed by atoms with van der Waals surface area (Å²) in [5.74, 6) is -0.567. The van der Waals surface area contributed by atoms with Gasteiger partial charge in [-0.3, -0.25) is 10.1 Å². The van der Waals surface area contributed by atoms with E-state index in [2.05, 4.69) is 0 Å². The molecule has 140 valence electrons. The van der Waals surface area contributed by atoms with Gasteiger partial charge in [-0.1, -0.05) is 24.3 Å². The first kappa shape index (κ1) is 18.5. The summed E-state index contributed by atoms with van der Waals surface area (Å²) in [5, 5.41) is 12.4. The average molecular weight is 367 g/mol. The number of hydrogen-bond donors (Lipinski definition) is 0. The standard InChI is InChI=1S/C19H20F3NO3/c20-19(21,22)16-4-7-17(8-5-16)26-18-6-3-14-11-13(9-10-23(24)25)1-2-15(14)12-18/h1-3,6,11-12,16-17H,4-5,7-10H2/t16-,17+. The average Bonchev–Trinajstić information content (AvgIpc) is 2.59. The minimum Gasteiger partial charge on any atom is -0.490 e. The molecule has 1 aliphatic rings. The van der Waals surface area contributed by atoms with Gasteiger partial charge in [-0.15, -0.1) is 0 Å². The van der Waals surface area contributed by atoms with Crippen molar-refractivity contribution in [3.05, 3.63) is 52.1 Å². The number of alkyl halides is 3. The maximum Gasteiger partial charge on any atom is 0.391 e. The Morgan fingerprint density at radius 3 is 2.35 bits per heavy atom. The molecule has 0 spiro atoms. The fourth-order valence-corrected chi connectivity index (χ4v) is 3.42. The molecule has 0 heterocycles. The number of fused-ring (bicyclic) bond motifs is 1. The lowest BCUT2D eigenvalue weighted by atomic mass is 9.87. The summed E-state index contributed by atoms with van der Waals surface area (Å²) in [5.41, 5.74) is 0.897. The van der Waals surface area contributed by atoms with Crippen molar-refractivity contribution in [2.45, 2.75) is 44.4 Å². The van der Waals surface area contributed by atoms with Gasteiger partial charge < -0.3 is 4.74 Å². The minimum absolute atomic E-state index is 0.104. The van der Waals surface area contributed by atoms with Crippen molar-refractivity contribution in [3.63, 3.8) is 0 Å². The van der Waals surface area contributed by atoms with Crippen molar-refractivity contribution >= 4 is 10.8 Å². The van der Waals surface area contributed by atoms with E-state index < -0.39 is 12.1 Å². The second kappa shape index (κ2) is 7.51. The summed E-state index contributed by atoms with van der Waals surface area (Å²) >= 11 is 0. The zero-order valence-corrected chi connectivity index (χ0v) is 14.2. The van der Waals surface area contributed by atoms with Crippen LogP contribution in [-0.4, -0.2) is 23.7 Å². The van der Waals surface area contributed by atoms with Crippen LogP contribution in [0.5, 0.6) is 5.75 Å². The van der Waals surface area contributed by atoms with Gasteiger partial charge in [-0.2, -0.15) is 13.2 Å². The number of nitrogens with zero attached hydrogens (tertiary/aromatic N) is 1. The van der Waals surface area contributed by atoms with Gasteiger partial charge in [0.15, 0.2) is 0 Å². The molecule has 1 aliphatic carbocycles. The predicted octanol–water partition coefficient (Wildman–Crippen LogP) is 5.16. The Hall–Kier alpha value is -2.31. The SMILES string of the molecule is O=[N+]([O-])CCc1ccc2cc(O[C@H]3CC[C@@H](C(F)(F)F)CC3)ccc2c1. The van der Waals surface area contributed by atoms with E-state index in [9.17, 15) is 23.3 Å². The Balaban J connectivity index is 1.63. The van der Waals surface area contributed by atoms with E-state index in [0.717, 1.165) is 16.3 Å². The van der Waals surface area contributed by atoms with Gasteiger partial charge in [0, 0.05) is 11.3 Å². The summed E-state index contributed by atoms with van der Waals surface area (Å²) in [6.07, 6.45) is -2.89. The van der Waals surface area contributed by atoms with E-state index in [1.807, 2.05) is 30.3 Å². The summed E-state index contributed by atoms with van der Waals surface area (Å²) in [6.45, 7) is -0.104. The Kier molecular flexibility index (Phi) is 5.34. The molecule has 7 heteroatoms. The molecule has 4 nitrogen and oxygen atoms in total. The first-order chi connectivity index (χ1) is 12.3. The highest BCUT2D eigenvalue weighted by Gasteiger charge is 2.41. The van der Waals surface area contributed by atoms with Crippen LogP contribution in [-0.2, 0) is 6.42 Å². The van der Waals surface area contributed by atoms with Crippen LogP contribution < -0.4 is 4.74 Å². The number of benzene rings is 2. The molecule has 1 fully saturated rings. The lowest BCUT2D eigenvalue weighted by Crippen LogP contribution is -2.31. The van der Waals surface area contributed by atoms with Gasteiger partial charge >= 0.3 is 6.18 Å². The summed E-state index contributed by atoms with van der Waals surface area (Å²) < 4.78 is 44.0. The fraction of sp³-hybridized carbons (Fsp3) is 0.474. The number of rotatable bonds is 5. The van der Waals surface area contributed by atoms with Crippen LogP contribution in [0.15, 0.2) is 36.4 Å². The van der Waals surface area contributed by atoms with E-state index >= 15 is 0 Å². The van der Waals surface area contributed by atoms with Crippen LogP contribution >= 0.6 is 0 Å². The molecule has 0 amide bonds. The highest BCUT2D eigenvalue weighted by Crippen LogP contribution is 2.38. The smallest absolute Gasteiger partial charge is 0.391 e. The van der Waals surface area contributed by atoms with Gasteiger partial charge in [0.1, 0.15) is 5.75 Å². The van der Waals surface area contributed by atoms with E-state index in [1.54, 1.807) is 6.07 Å². The zero-order chi connectivity index (χ0) is 18.7. The lowest BCUT2D eigenvalue weighted by Gasteiger charge is -2.30. The van der Waals surface area contributed by atoms with E-state index in [4.69, 9.17) is 4.74 Å². The molecule has 2 aromatic carbocycles. The molecule has 26 heavy (non-hydrogen) atoms. The molecule has 1 saturated carbocycles. The van der Waals surface area contributed by atoms with Crippen molar-refractivity contribution in [1.82, 2.24) is 0 Å². The van der Waals surface area contributed by atoms with Crippen molar-refractivity contribution in [1.29, 1.82) is 0 Å². The first-order valence-electron chi connectivity index (χ1n) is 8.69. The van der Waals surface area contributed by atoms with Crippen molar-refractivity contribution in [2.24, 2.45) is 5.92 Å². The monoisotopic (exact) mass is 367 g/mol. The van der Waals surface area contributed by atoms with Crippen LogP contribution in [0.2, 0.25) is 0 Å². The molecule has 0 bridgehead atoms. The largest absolute Gasteiger partial charge is 0.490 e. The number of halogens is 3. The maximum atomic E-state index is 12.7. The molecule has 0 unspecified atom stereocenters. The predicted molar refractivity (Wildman–Crippen MR) is 91.9 cm³/mol. The fourth-order valence-electron chi connectivity index (χ4n) is 3.42. The third kappa shape index (κ3) is 4.65. The van der Waals surface area contributed by atoms with Crippen molar-refractivity contribution in [3.8, 4) is 5.75 Å². The molecule has 0 radical (unpaired) electrons. The van der Waals surface area contributed by atoms with E-state index in [0.29, 0.717) is 25.0 Å². The summed E-state index contributed by atoms with van der Waals surface area (Å²) in [4.78, 5) is 10.1. The molecule has 3 rings (SSSR count). The Morgan fingerprint density at radius 2 is 1.69 bits per heavy atom. The molecule has 0 aliphatic heterocycles. The number of ether oxygens (including phenoxy) is 1. The highest BCUT2D eigenvalue weighted by atomic mass is 19.4. The molecule has 0 atom stereocenters. The molecule has 0 aromatic heterocycles. The third-order valence-electron chi connectivity index (χ3n) is 4.90. The van der Waals surface area contributed by atoms with Gasteiger partial charge in [-0.25, -0.2) is 0 Å². The first-order valence-corrected chi connectivity index (χ1v) is 8.69. The van der Waals surface area contributed by atoms with Crippen molar-refractivity contribution < 1.29 is 22.8 Å². The minimum atomic E-state index is -4.11. The molecule has 2 aromatic rings. The second-order valence-electron chi connectivity index (χ2n) is 6.78. The van der Waals surface area contributed by atoms with Crippen LogP contribution in [0.3, 0.4) is 0 Å². The van der Waals surface area contributed by atoms with Crippen LogP contribution in [0, 0.1) is 16.0 Å². The lowest BCUT2D eigenvalue weighted by molar-refractivity contribution is -0.479. The van der Waals surface area contributed by atoms with Crippen LogP contribution in [0.1, 0.15) is 31.2 Å². The van der Waals surface area contributed by atoms with Crippen LogP contribution in [0.25, 0.3) is 10.8 Å². The topological polar surface area (TPSA) is 52.4 Å². The van der Waals surface area contributed by atoms with Gasteiger partial charge in [0.25, 0.3) is 0 Å². The van der Waals surface area contributed by atoms with Crippen molar-refractivity contribution in [2.75, 3.05) is 6.54 Å². The second-order valence-corrected chi connectivity index (χ2v) is 6.78. The summed E-state index contributed by atoms with van der Waals surface area (Å²) in [7, 11) is 0. The van der Waals surface area contributed by atoms with E-state index in [1.165, 1.54) is 0 Å². The molecule has 0 N–H and O–H groups in total. The molecular weight excluding hydrogens is 347 g/mol. The zero-order valence-electron chi connectivity index (χ0n) is 14.2.